The van der Waals surface area contributed by atoms with Crippen LogP contribution in [0.2, 0.25) is 0 Å². The summed E-state index contributed by atoms with van der Waals surface area (Å²) in [5, 5.41) is 2.96. The molecule has 0 radical (unpaired) electrons. The Labute approximate surface area is 157 Å². The normalized spacial score (nSPS) is 14.1. The maximum Gasteiger partial charge on any atom is 0.240 e. The van der Waals surface area contributed by atoms with E-state index < -0.39 is 0 Å². The highest BCUT2D eigenvalue weighted by atomic mass is 16.2. The summed E-state index contributed by atoms with van der Waals surface area (Å²) in [5.41, 5.74) is 3.79. The van der Waals surface area contributed by atoms with E-state index in [9.17, 15) is 9.59 Å². The third kappa shape index (κ3) is 3.56. The van der Waals surface area contributed by atoms with Crippen molar-refractivity contribution in [1.82, 2.24) is 14.9 Å². The van der Waals surface area contributed by atoms with Gasteiger partial charge in [0.25, 0.3) is 0 Å². The average molecular weight is 362 g/mol. The second-order valence-electron chi connectivity index (χ2n) is 6.83. The topological polar surface area (TPSA) is 67.2 Å². The lowest BCUT2D eigenvalue weighted by Gasteiger charge is -2.16. The van der Waals surface area contributed by atoms with Crippen LogP contribution in [0.25, 0.3) is 11.0 Å². The van der Waals surface area contributed by atoms with E-state index in [0.29, 0.717) is 13.0 Å². The van der Waals surface area contributed by atoms with E-state index in [1.807, 2.05) is 64.9 Å². The van der Waals surface area contributed by atoms with Crippen LogP contribution in [0.15, 0.2) is 48.5 Å². The Morgan fingerprint density at radius 1 is 1.15 bits per heavy atom. The lowest BCUT2D eigenvalue weighted by atomic mass is 10.2. The van der Waals surface area contributed by atoms with Crippen molar-refractivity contribution in [2.45, 2.75) is 32.9 Å². The van der Waals surface area contributed by atoms with E-state index in [2.05, 4.69) is 10.3 Å². The molecule has 2 amide bonds. The highest BCUT2D eigenvalue weighted by molar-refractivity contribution is 5.95. The molecule has 1 aliphatic heterocycles. The first-order chi connectivity index (χ1) is 13.1. The molecule has 0 spiro atoms. The number of rotatable bonds is 5. The largest absolute Gasteiger partial charge is 0.350 e. The number of para-hydroxylation sites is 2. The molecule has 2 heterocycles. The summed E-state index contributed by atoms with van der Waals surface area (Å²) < 4.78 is 1.92. The fourth-order valence-corrected chi connectivity index (χ4v) is 3.51. The number of aromatic nitrogens is 2. The van der Waals surface area contributed by atoms with Crippen LogP contribution in [-0.2, 0) is 22.7 Å². The Balaban J connectivity index is 1.37. The summed E-state index contributed by atoms with van der Waals surface area (Å²) in [4.78, 5) is 30.5. The monoisotopic (exact) mass is 362 g/mol. The quantitative estimate of drug-likeness (QED) is 0.759. The van der Waals surface area contributed by atoms with Gasteiger partial charge in [0.1, 0.15) is 12.4 Å². The van der Waals surface area contributed by atoms with Crippen LogP contribution in [0.3, 0.4) is 0 Å². The van der Waals surface area contributed by atoms with E-state index in [4.69, 9.17) is 0 Å². The molecule has 0 unspecified atom stereocenters. The lowest BCUT2D eigenvalue weighted by molar-refractivity contribution is -0.121. The van der Waals surface area contributed by atoms with Gasteiger partial charge < -0.3 is 14.8 Å². The number of imidazole rings is 1. The summed E-state index contributed by atoms with van der Waals surface area (Å²) >= 11 is 0. The van der Waals surface area contributed by atoms with Gasteiger partial charge in [-0.3, -0.25) is 9.59 Å². The number of nitrogens with one attached hydrogen (secondary N) is 1. The number of amides is 2. The van der Waals surface area contributed by atoms with Gasteiger partial charge in [-0.05, 0) is 43.2 Å². The minimum absolute atomic E-state index is 0.0555. The molecule has 4 rings (SSSR count). The Kier molecular flexibility index (Phi) is 4.62. The SMILES string of the molecule is Cc1nc2ccccc2n1CC(=O)NCc1ccc(N2CCCC2=O)cc1. The van der Waals surface area contributed by atoms with E-state index >= 15 is 0 Å². The second-order valence-corrected chi connectivity index (χ2v) is 6.83. The molecule has 0 atom stereocenters. The Morgan fingerprint density at radius 2 is 1.93 bits per heavy atom. The van der Waals surface area contributed by atoms with Crippen molar-refractivity contribution in [2.24, 2.45) is 0 Å². The average Bonchev–Trinajstić information content (AvgIpc) is 3.24. The highest BCUT2D eigenvalue weighted by Gasteiger charge is 2.21. The number of carbonyl (C=O) groups excluding carboxylic acids is 2. The third-order valence-corrected chi connectivity index (χ3v) is 4.96. The molecule has 2 aromatic carbocycles. The van der Waals surface area contributed by atoms with Gasteiger partial charge in [-0.25, -0.2) is 4.98 Å². The number of benzene rings is 2. The molecule has 1 saturated heterocycles. The highest BCUT2D eigenvalue weighted by Crippen LogP contribution is 2.21. The molecule has 138 valence electrons. The number of aryl methyl sites for hydroxylation is 1. The molecule has 0 bridgehead atoms. The Morgan fingerprint density at radius 3 is 2.67 bits per heavy atom. The smallest absolute Gasteiger partial charge is 0.240 e. The third-order valence-electron chi connectivity index (χ3n) is 4.96. The van der Waals surface area contributed by atoms with Gasteiger partial charge in [-0.15, -0.1) is 0 Å². The summed E-state index contributed by atoms with van der Waals surface area (Å²) in [7, 11) is 0. The van der Waals surface area contributed by atoms with Crippen LogP contribution >= 0.6 is 0 Å². The first kappa shape index (κ1) is 17.3. The van der Waals surface area contributed by atoms with Gasteiger partial charge in [-0.1, -0.05) is 24.3 Å². The molecule has 6 nitrogen and oxygen atoms in total. The summed E-state index contributed by atoms with van der Waals surface area (Å²) in [5.74, 6) is 0.949. The Bertz CT molecular complexity index is 991. The maximum atomic E-state index is 12.4. The van der Waals surface area contributed by atoms with Gasteiger partial charge in [0.15, 0.2) is 0 Å². The zero-order valence-corrected chi connectivity index (χ0v) is 15.3. The molecule has 1 fully saturated rings. The number of hydrogen-bond donors (Lipinski definition) is 1. The molecule has 0 saturated carbocycles. The summed E-state index contributed by atoms with van der Waals surface area (Å²) in [6, 6.07) is 15.6. The number of carbonyl (C=O) groups is 2. The summed E-state index contributed by atoms with van der Waals surface area (Å²) in [6.07, 6.45) is 1.54. The van der Waals surface area contributed by atoms with Crippen LogP contribution in [-0.4, -0.2) is 27.9 Å². The molecule has 1 aromatic heterocycles. The van der Waals surface area contributed by atoms with Crippen LogP contribution < -0.4 is 10.2 Å². The zero-order valence-electron chi connectivity index (χ0n) is 15.3. The van der Waals surface area contributed by atoms with Gasteiger partial charge in [0, 0.05) is 25.2 Å². The first-order valence-corrected chi connectivity index (χ1v) is 9.20. The summed E-state index contributed by atoms with van der Waals surface area (Å²) in [6.45, 7) is 3.39. The van der Waals surface area contributed by atoms with Gasteiger partial charge in [-0.2, -0.15) is 0 Å². The molecule has 0 aliphatic carbocycles. The number of anilines is 1. The minimum Gasteiger partial charge on any atom is -0.350 e. The van der Waals surface area contributed by atoms with Gasteiger partial charge >= 0.3 is 0 Å². The van der Waals surface area contributed by atoms with Crippen molar-refractivity contribution in [2.75, 3.05) is 11.4 Å². The van der Waals surface area contributed by atoms with Crippen LogP contribution in [0.5, 0.6) is 0 Å². The predicted octanol–water partition coefficient (Wildman–Crippen LogP) is 2.79. The predicted molar refractivity (Wildman–Crippen MR) is 104 cm³/mol. The standard InChI is InChI=1S/C21H22N4O2/c1-15-23-18-5-2-3-6-19(18)25(15)14-20(26)22-13-16-8-10-17(11-9-16)24-12-4-7-21(24)27/h2-3,5-6,8-11H,4,7,12-14H2,1H3,(H,22,26). The van der Waals surface area contributed by atoms with E-state index in [0.717, 1.165) is 41.1 Å². The lowest BCUT2D eigenvalue weighted by Crippen LogP contribution is -2.27. The molecule has 27 heavy (non-hydrogen) atoms. The van der Waals surface area contributed by atoms with Gasteiger partial charge in [0.05, 0.1) is 11.0 Å². The van der Waals surface area contributed by atoms with Crippen LogP contribution in [0.1, 0.15) is 24.2 Å². The first-order valence-electron chi connectivity index (χ1n) is 9.20. The van der Waals surface area contributed by atoms with Crippen molar-refractivity contribution >= 4 is 28.5 Å². The second kappa shape index (κ2) is 7.23. The van der Waals surface area contributed by atoms with Crippen molar-refractivity contribution in [3.63, 3.8) is 0 Å². The molecule has 1 N–H and O–H groups in total. The Hall–Kier alpha value is -3.15. The molecular weight excluding hydrogens is 340 g/mol. The number of nitrogens with zero attached hydrogens (tertiary/aromatic N) is 3. The van der Waals surface area contributed by atoms with E-state index in [-0.39, 0.29) is 18.4 Å². The fraction of sp³-hybridized carbons (Fsp3) is 0.286. The minimum atomic E-state index is -0.0555. The molecule has 1 aliphatic rings. The van der Waals surface area contributed by atoms with Crippen molar-refractivity contribution < 1.29 is 9.59 Å². The van der Waals surface area contributed by atoms with Crippen molar-refractivity contribution in [3.8, 4) is 0 Å². The molecular formula is C21H22N4O2. The van der Waals surface area contributed by atoms with Gasteiger partial charge in [0.2, 0.25) is 11.8 Å². The molecule has 3 aromatic rings. The van der Waals surface area contributed by atoms with Crippen molar-refractivity contribution in [1.29, 1.82) is 0 Å². The van der Waals surface area contributed by atoms with Crippen LogP contribution in [0, 0.1) is 6.92 Å². The van der Waals surface area contributed by atoms with Crippen LogP contribution in [0.4, 0.5) is 5.69 Å². The van der Waals surface area contributed by atoms with E-state index in [1.54, 1.807) is 0 Å². The maximum absolute atomic E-state index is 12.4. The number of hydrogen-bond acceptors (Lipinski definition) is 3. The number of fused-ring (bicyclic) bond motifs is 1. The van der Waals surface area contributed by atoms with Crippen molar-refractivity contribution in [3.05, 3.63) is 59.9 Å². The molecule has 6 heteroatoms. The zero-order chi connectivity index (χ0) is 18.8. The fourth-order valence-electron chi connectivity index (χ4n) is 3.51. The van der Waals surface area contributed by atoms with E-state index in [1.165, 1.54) is 0 Å².